The van der Waals surface area contributed by atoms with Crippen LogP contribution >= 0.6 is 11.6 Å². The monoisotopic (exact) mass is 386 g/mol. The lowest BCUT2D eigenvalue weighted by atomic mass is 9.86. The van der Waals surface area contributed by atoms with Gasteiger partial charge in [0.15, 0.2) is 0 Å². The SMILES string of the molecule is Cc1ccc(S(=O)(=O)NC2CC(N(CC(=O)O)CC3CC3)C2)c(Cl)c1. The number of aryl methyl sites for hydroxylation is 1. The van der Waals surface area contributed by atoms with Crippen molar-refractivity contribution in [3.63, 3.8) is 0 Å². The first kappa shape index (κ1) is 18.6. The highest BCUT2D eigenvalue weighted by molar-refractivity contribution is 7.89. The van der Waals surface area contributed by atoms with Gasteiger partial charge in [-0.15, -0.1) is 0 Å². The number of carbonyl (C=O) groups is 1. The lowest BCUT2D eigenvalue weighted by molar-refractivity contribution is -0.139. The second-order valence-electron chi connectivity index (χ2n) is 7.14. The maximum atomic E-state index is 12.5. The van der Waals surface area contributed by atoms with E-state index in [0.717, 1.165) is 24.9 Å². The molecule has 138 valence electrons. The van der Waals surface area contributed by atoms with Gasteiger partial charge in [0, 0.05) is 18.6 Å². The smallest absolute Gasteiger partial charge is 0.317 e. The van der Waals surface area contributed by atoms with E-state index in [1.54, 1.807) is 12.1 Å². The van der Waals surface area contributed by atoms with E-state index in [1.165, 1.54) is 6.07 Å². The molecule has 0 heterocycles. The van der Waals surface area contributed by atoms with Crippen LogP contribution in [0.15, 0.2) is 23.1 Å². The molecule has 0 aliphatic heterocycles. The second kappa shape index (κ2) is 7.23. The molecule has 1 aromatic rings. The summed E-state index contributed by atoms with van der Waals surface area (Å²) >= 11 is 6.07. The van der Waals surface area contributed by atoms with Gasteiger partial charge in [0.1, 0.15) is 4.90 Å². The highest BCUT2D eigenvalue weighted by Crippen LogP contribution is 2.34. The third-order valence-corrected chi connectivity index (χ3v) is 6.86. The molecule has 2 aliphatic carbocycles. The van der Waals surface area contributed by atoms with Gasteiger partial charge in [0.2, 0.25) is 10.0 Å². The number of hydrogen-bond donors (Lipinski definition) is 2. The summed E-state index contributed by atoms with van der Waals surface area (Å²) in [6, 6.07) is 4.80. The van der Waals surface area contributed by atoms with Crippen LogP contribution in [0.4, 0.5) is 0 Å². The zero-order valence-electron chi connectivity index (χ0n) is 14.1. The van der Waals surface area contributed by atoms with Crippen molar-refractivity contribution in [2.45, 2.75) is 49.6 Å². The molecule has 0 saturated heterocycles. The fourth-order valence-corrected chi connectivity index (χ4v) is 5.10. The van der Waals surface area contributed by atoms with E-state index in [9.17, 15) is 13.2 Å². The van der Waals surface area contributed by atoms with E-state index in [-0.39, 0.29) is 28.5 Å². The Hall–Kier alpha value is -1.15. The lowest BCUT2D eigenvalue weighted by Gasteiger charge is -2.42. The third-order valence-electron chi connectivity index (χ3n) is 4.86. The number of nitrogens with zero attached hydrogens (tertiary/aromatic N) is 1. The molecule has 0 radical (unpaired) electrons. The third kappa shape index (κ3) is 4.73. The summed E-state index contributed by atoms with van der Waals surface area (Å²) in [5.41, 5.74) is 0.900. The zero-order valence-corrected chi connectivity index (χ0v) is 15.7. The van der Waals surface area contributed by atoms with Crippen LogP contribution in [0.5, 0.6) is 0 Å². The highest BCUT2D eigenvalue weighted by Gasteiger charge is 2.39. The van der Waals surface area contributed by atoms with Gasteiger partial charge in [-0.3, -0.25) is 9.69 Å². The number of sulfonamides is 1. The molecule has 2 aliphatic rings. The zero-order chi connectivity index (χ0) is 18.2. The largest absolute Gasteiger partial charge is 0.480 e. The average molecular weight is 387 g/mol. The van der Waals surface area contributed by atoms with Crippen LogP contribution in [0.2, 0.25) is 5.02 Å². The molecule has 2 saturated carbocycles. The van der Waals surface area contributed by atoms with Gasteiger partial charge in [-0.25, -0.2) is 13.1 Å². The van der Waals surface area contributed by atoms with Crippen LogP contribution in [0.1, 0.15) is 31.2 Å². The first-order chi connectivity index (χ1) is 11.7. The van der Waals surface area contributed by atoms with E-state index in [0.29, 0.717) is 18.8 Å². The topological polar surface area (TPSA) is 86.7 Å². The number of benzene rings is 1. The number of carboxylic acids is 1. The Labute approximate surface area is 153 Å². The van der Waals surface area contributed by atoms with Gasteiger partial charge in [0.25, 0.3) is 0 Å². The minimum absolute atomic E-state index is 0.0183. The maximum Gasteiger partial charge on any atom is 0.317 e. The molecule has 1 aromatic carbocycles. The minimum Gasteiger partial charge on any atom is -0.480 e. The van der Waals surface area contributed by atoms with Crippen LogP contribution in [-0.4, -0.2) is 49.6 Å². The van der Waals surface area contributed by atoms with Crippen molar-refractivity contribution in [2.24, 2.45) is 5.92 Å². The Morgan fingerprint density at radius 2 is 2.04 bits per heavy atom. The van der Waals surface area contributed by atoms with Gasteiger partial charge < -0.3 is 5.11 Å². The Morgan fingerprint density at radius 3 is 2.60 bits per heavy atom. The van der Waals surface area contributed by atoms with E-state index in [1.807, 2.05) is 11.8 Å². The van der Waals surface area contributed by atoms with Gasteiger partial charge >= 0.3 is 5.97 Å². The number of rotatable bonds is 8. The lowest BCUT2D eigenvalue weighted by Crippen LogP contribution is -2.55. The van der Waals surface area contributed by atoms with Gasteiger partial charge in [0.05, 0.1) is 11.6 Å². The standard InChI is InChI=1S/C17H23ClN2O4S/c1-11-2-5-16(15(18)6-11)25(23,24)19-13-7-14(8-13)20(10-17(21)22)9-12-3-4-12/h2,5-6,12-14,19H,3-4,7-10H2,1H3,(H,21,22). The molecule has 0 amide bonds. The maximum absolute atomic E-state index is 12.5. The summed E-state index contributed by atoms with van der Waals surface area (Å²) < 4.78 is 27.7. The molecule has 2 N–H and O–H groups in total. The number of hydrogen-bond acceptors (Lipinski definition) is 4. The quantitative estimate of drug-likeness (QED) is 0.715. The predicted octanol–water partition coefficient (Wildman–Crippen LogP) is 2.25. The molecule has 3 rings (SSSR count). The van der Waals surface area contributed by atoms with Crippen molar-refractivity contribution in [3.05, 3.63) is 28.8 Å². The summed E-state index contributed by atoms with van der Waals surface area (Å²) in [6.07, 6.45) is 3.57. The number of halogens is 1. The predicted molar refractivity (Wildman–Crippen MR) is 95.3 cm³/mol. The van der Waals surface area contributed by atoms with E-state index in [2.05, 4.69) is 4.72 Å². The van der Waals surface area contributed by atoms with E-state index < -0.39 is 16.0 Å². The molecule has 25 heavy (non-hydrogen) atoms. The van der Waals surface area contributed by atoms with E-state index in [4.69, 9.17) is 16.7 Å². The molecule has 2 fully saturated rings. The normalized spacial score (nSPS) is 23.5. The van der Waals surface area contributed by atoms with Crippen molar-refractivity contribution in [1.82, 2.24) is 9.62 Å². The highest BCUT2D eigenvalue weighted by atomic mass is 35.5. The summed E-state index contributed by atoms with van der Waals surface area (Å²) in [5.74, 6) is -0.238. The molecule has 0 spiro atoms. The van der Waals surface area contributed by atoms with Crippen LogP contribution in [0.3, 0.4) is 0 Å². The Morgan fingerprint density at radius 1 is 1.36 bits per heavy atom. The van der Waals surface area contributed by atoms with Crippen molar-refractivity contribution in [3.8, 4) is 0 Å². The Kier molecular flexibility index (Phi) is 5.39. The number of carboxylic acid groups (broad SMARTS) is 1. The summed E-state index contributed by atoms with van der Waals surface area (Å²) in [7, 11) is -3.67. The van der Waals surface area contributed by atoms with Crippen LogP contribution in [0.25, 0.3) is 0 Å². The van der Waals surface area contributed by atoms with Crippen molar-refractivity contribution in [1.29, 1.82) is 0 Å². The second-order valence-corrected chi connectivity index (χ2v) is 9.23. The Balaban J connectivity index is 1.59. The van der Waals surface area contributed by atoms with Crippen molar-refractivity contribution >= 4 is 27.6 Å². The summed E-state index contributed by atoms with van der Waals surface area (Å²) in [5, 5.41) is 9.28. The van der Waals surface area contributed by atoms with Gasteiger partial charge in [-0.05, 0) is 56.2 Å². The van der Waals surface area contributed by atoms with E-state index >= 15 is 0 Å². The summed E-state index contributed by atoms with van der Waals surface area (Å²) in [4.78, 5) is 13.1. The molecule has 0 bridgehead atoms. The molecule has 0 aromatic heterocycles. The number of nitrogens with one attached hydrogen (secondary N) is 1. The Bertz CT molecular complexity index is 758. The minimum atomic E-state index is -3.67. The fraction of sp³-hybridized carbons (Fsp3) is 0.588. The molecule has 0 unspecified atom stereocenters. The average Bonchev–Trinajstić information content (AvgIpc) is 3.24. The molecule has 0 atom stereocenters. The van der Waals surface area contributed by atoms with Crippen LogP contribution in [0, 0.1) is 12.8 Å². The molecule has 8 heteroatoms. The fourth-order valence-electron chi connectivity index (χ4n) is 3.24. The summed E-state index contributed by atoms with van der Waals surface area (Å²) in [6.45, 7) is 2.66. The first-order valence-corrected chi connectivity index (χ1v) is 10.3. The number of aliphatic carboxylic acids is 1. The van der Waals surface area contributed by atoms with Crippen LogP contribution < -0.4 is 4.72 Å². The van der Waals surface area contributed by atoms with Gasteiger partial charge in [-0.1, -0.05) is 17.7 Å². The molecule has 6 nitrogen and oxygen atoms in total. The van der Waals surface area contributed by atoms with Gasteiger partial charge in [-0.2, -0.15) is 0 Å². The van der Waals surface area contributed by atoms with Crippen molar-refractivity contribution in [2.75, 3.05) is 13.1 Å². The first-order valence-electron chi connectivity index (χ1n) is 8.49. The molecular weight excluding hydrogens is 364 g/mol. The molecular formula is C17H23ClN2O4S. The van der Waals surface area contributed by atoms with Crippen molar-refractivity contribution < 1.29 is 18.3 Å². The van der Waals surface area contributed by atoms with Crippen LogP contribution in [-0.2, 0) is 14.8 Å².